The smallest absolute Gasteiger partial charge is 0.0227 e. The lowest BCUT2D eigenvalue weighted by molar-refractivity contribution is 0.151. The van der Waals surface area contributed by atoms with Crippen molar-refractivity contribution >= 4 is 0 Å². The third kappa shape index (κ3) is 2.78. The Hall–Kier alpha value is -0.0800. The van der Waals surface area contributed by atoms with Gasteiger partial charge in [0.25, 0.3) is 0 Å². The Balaban J connectivity index is 1.86. The zero-order valence-electron chi connectivity index (χ0n) is 11.4. The molecule has 2 saturated heterocycles. The van der Waals surface area contributed by atoms with Crippen LogP contribution in [-0.2, 0) is 0 Å². The molecule has 0 amide bonds. The third-order valence-corrected chi connectivity index (χ3v) is 4.34. The van der Waals surface area contributed by atoms with Gasteiger partial charge in [0.1, 0.15) is 0 Å². The SMILES string of the molecule is CC(C)CCC1C[C@H]2CN(C(C)C)C[C@@H]1N2. The fourth-order valence-electron chi connectivity index (χ4n) is 3.26. The normalized spacial score (nSPS) is 35.2. The van der Waals surface area contributed by atoms with E-state index in [1.165, 1.54) is 32.4 Å². The minimum Gasteiger partial charge on any atom is -0.308 e. The first-order chi connectivity index (χ1) is 7.56. The lowest BCUT2D eigenvalue weighted by atomic mass is 9.91. The van der Waals surface area contributed by atoms with Crippen molar-refractivity contribution in [1.82, 2.24) is 10.2 Å². The van der Waals surface area contributed by atoms with E-state index in [2.05, 4.69) is 37.9 Å². The van der Waals surface area contributed by atoms with E-state index < -0.39 is 0 Å². The molecule has 0 aromatic heterocycles. The van der Waals surface area contributed by atoms with Crippen molar-refractivity contribution in [3.05, 3.63) is 0 Å². The maximum atomic E-state index is 3.81. The highest BCUT2D eigenvalue weighted by Gasteiger charge is 2.39. The molecule has 1 N–H and O–H groups in total. The van der Waals surface area contributed by atoms with Gasteiger partial charge in [0.15, 0.2) is 0 Å². The summed E-state index contributed by atoms with van der Waals surface area (Å²) in [5.41, 5.74) is 0. The molecule has 2 aliphatic heterocycles. The molecule has 0 spiro atoms. The first kappa shape index (κ1) is 12.4. The van der Waals surface area contributed by atoms with Gasteiger partial charge < -0.3 is 5.32 Å². The molecule has 2 nitrogen and oxygen atoms in total. The largest absolute Gasteiger partial charge is 0.308 e. The van der Waals surface area contributed by atoms with Crippen LogP contribution in [0.25, 0.3) is 0 Å². The Morgan fingerprint density at radius 3 is 2.56 bits per heavy atom. The van der Waals surface area contributed by atoms with E-state index in [4.69, 9.17) is 0 Å². The van der Waals surface area contributed by atoms with Crippen molar-refractivity contribution in [2.45, 2.75) is 65.1 Å². The number of likely N-dealkylation sites (tertiary alicyclic amines) is 1. The van der Waals surface area contributed by atoms with Crippen LogP contribution in [0.5, 0.6) is 0 Å². The van der Waals surface area contributed by atoms with Gasteiger partial charge in [0.2, 0.25) is 0 Å². The van der Waals surface area contributed by atoms with E-state index in [-0.39, 0.29) is 0 Å². The molecule has 2 heterocycles. The Kier molecular flexibility index (Phi) is 3.91. The van der Waals surface area contributed by atoms with E-state index in [0.717, 1.165) is 30.0 Å². The van der Waals surface area contributed by atoms with Gasteiger partial charge in [0.05, 0.1) is 0 Å². The van der Waals surface area contributed by atoms with Gasteiger partial charge in [-0.2, -0.15) is 0 Å². The predicted molar refractivity (Wildman–Crippen MR) is 69.6 cm³/mol. The standard InChI is InChI=1S/C14H28N2/c1-10(2)5-6-12-7-13-8-16(11(3)4)9-14(12)15-13/h10-15H,5-9H2,1-4H3/t12?,13-,14-/m0/s1. The summed E-state index contributed by atoms with van der Waals surface area (Å²) in [5.74, 6) is 1.80. The monoisotopic (exact) mass is 224 g/mol. The lowest BCUT2D eigenvalue weighted by Crippen LogP contribution is -2.54. The Labute approximate surface area is 101 Å². The van der Waals surface area contributed by atoms with Gasteiger partial charge in [-0.05, 0) is 38.5 Å². The highest BCUT2D eigenvalue weighted by atomic mass is 15.2. The van der Waals surface area contributed by atoms with Crippen LogP contribution in [0, 0.1) is 11.8 Å². The summed E-state index contributed by atoms with van der Waals surface area (Å²) >= 11 is 0. The van der Waals surface area contributed by atoms with E-state index in [0.29, 0.717) is 0 Å². The Morgan fingerprint density at radius 2 is 1.94 bits per heavy atom. The summed E-state index contributed by atoms with van der Waals surface area (Å²) in [6.07, 6.45) is 4.25. The molecule has 0 aromatic rings. The topological polar surface area (TPSA) is 15.3 Å². The molecule has 2 bridgehead atoms. The second-order valence-corrected chi connectivity index (χ2v) is 6.48. The summed E-state index contributed by atoms with van der Waals surface area (Å²) in [5, 5.41) is 3.81. The van der Waals surface area contributed by atoms with Gasteiger partial charge in [-0.1, -0.05) is 20.3 Å². The molecule has 2 fully saturated rings. The number of fused-ring (bicyclic) bond motifs is 2. The third-order valence-electron chi connectivity index (χ3n) is 4.34. The first-order valence-electron chi connectivity index (χ1n) is 7.06. The van der Waals surface area contributed by atoms with Crippen LogP contribution < -0.4 is 5.32 Å². The average Bonchev–Trinajstić information content (AvgIpc) is 2.50. The lowest BCUT2D eigenvalue weighted by Gasteiger charge is -2.36. The second-order valence-electron chi connectivity index (χ2n) is 6.48. The molecule has 0 aliphatic carbocycles. The zero-order valence-corrected chi connectivity index (χ0v) is 11.4. The van der Waals surface area contributed by atoms with Crippen LogP contribution in [0.15, 0.2) is 0 Å². The number of piperazine rings is 1. The van der Waals surface area contributed by atoms with E-state index in [1.807, 2.05) is 0 Å². The number of rotatable bonds is 4. The van der Waals surface area contributed by atoms with Crippen molar-refractivity contribution in [3.8, 4) is 0 Å². The van der Waals surface area contributed by atoms with Crippen molar-refractivity contribution in [1.29, 1.82) is 0 Å². The maximum Gasteiger partial charge on any atom is 0.0227 e. The molecule has 2 heteroatoms. The molecule has 2 rings (SSSR count). The van der Waals surface area contributed by atoms with Crippen LogP contribution in [0.3, 0.4) is 0 Å². The number of nitrogens with zero attached hydrogens (tertiary/aromatic N) is 1. The number of hydrogen-bond acceptors (Lipinski definition) is 2. The van der Waals surface area contributed by atoms with Crippen molar-refractivity contribution in [2.24, 2.45) is 11.8 Å². The summed E-state index contributed by atoms with van der Waals surface area (Å²) in [4.78, 5) is 2.65. The Morgan fingerprint density at radius 1 is 1.19 bits per heavy atom. The quantitative estimate of drug-likeness (QED) is 0.789. The van der Waals surface area contributed by atoms with E-state index in [9.17, 15) is 0 Å². The summed E-state index contributed by atoms with van der Waals surface area (Å²) < 4.78 is 0. The van der Waals surface area contributed by atoms with Crippen LogP contribution in [-0.4, -0.2) is 36.1 Å². The fourth-order valence-corrected chi connectivity index (χ4v) is 3.26. The molecular formula is C14H28N2. The van der Waals surface area contributed by atoms with Crippen molar-refractivity contribution in [2.75, 3.05) is 13.1 Å². The molecule has 94 valence electrons. The highest BCUT2D eigenvalue weighted by molar-refractivity contribution is 4.98. The Bertz CT molecular complexity index is 225. The predicted octanol–water partition coefficient (Wildman–Crippen LogP) is 2.49. The minimum atomic E-state index is 0.718. The van der Waals surface area contributed by atoms with E-state index in [1.54, 1.807) is 0 Å². The highest BCUT2D eigenvalue weighted by Crippen LogP contribution is 2.31. The summed E-state index contributed by atoms with van der Waals surface area (Å²) in [6, 6.07) is 2.27. The number of hydrogen-bond donors (Lipinski definition) is 1. The average molecular weight is 224 g/mol. The number of nitrogens with one attached hydrogen (secondary N) is 1. The van der Waals surface area contributed by atoms with Gasteiger partial charge in [-0.25, -0.2) is 0 Å². The van der Waals surface area contributed by atoms with Gasteiger partial charge in [0, 0.05) is 31.2 Å². The molecular weight excluding hydrogens is 196 g/mol. The summed E-state index contributed by atoms with van der Waals surface area (Å²) in [7, 11) is 0. The molecule has 0 aromatic carbocycles. The molecule has 16 heavy (non-hydrogen) atoms. The maximum absolute atomic E-state index is 3.81. The molecule has 1 unspecified atom stereocenters. The molecule has 2 aliphatic rings. The van der Waals surface area contributed by atoms with Crippen LogP contribution in [0.4, 0.5) is 0 Å². The molecule has 0 saturated carbocycles. The summed E-state index contributed by atoms with van der Waals surface area (Å²) in [6.45, 7) is 11.9. The minimum absolute atomic E-state index is 0.718. The molecule has 0 radical (unpaired) electrons. The van der Waals surface area contributed by atoms with E-state index >= 15 is 0 Å². The molecule has 3 atom stereocenters. The van der Waals surface area contributed by atoms with Crippen molar-refractivity contribution < 1.29 is 0 Å². The van der Waals surface area contributed by atoms with Crippen LogP contribution >= 0.6 is 0 Å². The van der Waals surface area contributed by atoms with Crippen molar-refractivity contribution in [3.63, 3.8) is 0 Å². The van der Waals surface area contributed by atoms with Crippen LogP contribution in [0.2, 0.25) is 0 Å². The fraction of sp³-hybridized carbons (Fsp3) is 1.00. The van der Waals surface area contributed by atoms with Gasteiger partial charge in [-0.15, -0.1) is 0 Å². The van der Waals surface area contributed by atoms with Gasteiger partial charge in [-0.3, -0.25) is 4.90 Å². The zero-order chi connectivity index (χ0) is 11.7. The van der Waals surface area contributed by atoms with Crippen LogP contribution in [0.1, 0.15) is 47.0 Å². The second kappa shape index (κ2) is 5.05. The first-order valence-corrected chi connectivity index (χ1v) is 7.06. The van der Waals surface area contributed by atoms with Gasteiger partial charge >= 0.3 is 0 Å².